The van der Waals surface area contributed by atoms with Crippen LogP contribution in [0.15, 0.2) is 47.4 Å². The molecule has 1 amide bonds. The zero-order valence-electron chi connectivity index (χ0n) is 17.1. The van der Waals surface area contributed by atoms with Crippen LogP contribution in [-0.2, 0) is 20.1 Å². The van der Waals surface area contributed by atoms with Gasteiger partial charge in [-0.2, -0.15) is 21.6 Å². The summed E-state index contributed by atoms with van der Waals surface area (Å²) in [7, 11) is -9.03. The molecule has 0 unspecified atom stereocenters. The van der Waals surface area contributed by atoms with E-state index in [0.29, 0.717) is 4.31 Å². The van der Waals surface area contributed by atoms with Gasteiger partial charge in [-0.15, -0.1) is 0 Å². The van der Waals surface area contributed by atoms with Gasteiger partial charge >= 0.3 is 15.6 Å². The van der Waals surface area contributed by atoms with Crippen LogP contribution in [0.5, 0.6) is 5.75 Å². The predicted octanol–water partition coefficient (Wildman–Crippen LogP) is 2.89. The maximum absolute atomic E-state index is 13.4. The van der Waals surface area contributed by atoms with Crippen LogP contribution in [0, 0.1) is 6.92 Å². The fourth-order valence-electron chi connectivity index (χ4n) is 3.34. The molecule has 8 nitrogen and oxygen atoms in total. The van der Waals surface area contributed by atoms with Crippen molar-refractivity contribution in [2.24, 2.45) is 0 Å². The number of carbonyl (C=O) groups is 1. The van der Waals surface area contributed by atoms with Crippen LogP contribution in [-0.4, -0.2) is 52.2 Å². The van der Waals surface area contributed by atoms with Gasteiger partial charge in [0.25, 0.3) is 15.9 Å². The third-order valence-electron chi connectivity index (χ3n) is 4.83. The lowest BCUT2D eigenvalue weighted by molar-refractivity contribution is -0.0500. The minimum Gasteiger partial charge on any atom is -0.375 e. The quantitative estimate of drug-likeness (QED) is 0.478. The van der Waals surface area contributed by atoms with Gasteiger partial charge in [0.15, 0.2) is 5.75 Å². The third kappa shape index (κ3) is 4.13. The molecule has 1 heterocycles. The Kier molecular flexibility index (Phi) is 5.93. The van der Waals surface area contributed by atoms with Gasteiger partial charge in [0.1, 0.15) is 5.56 Å². The number of halogens is 3. The molecule has 0 aromatic heterocycles. The number of carbonyl (C=O) groups excluding carboxylic acids is 1. The van der Waals surface area contributed by atoms with Crippen LogP contribution in [0.2, 0.25) is 0 Å². The number of anilines is 1. The number of hydrogen-bond acceptors (Lipinski definition) is 7. The first-order valence-corrected chi connectivity index (χ1v) is 12.0. The van der Waals surface area contributed by atoms with Crippen molar-refractivity contribution in [1.29, 1.82) is 0 Å². The number of likely N-dealkylation sites (N-methyl/N-ethyl adjacent to an activating group) is 1. The van der Waals surface area contributed by atoms with E-state index in [9.17, 15) is 34.8 Å². The number of sulfonamides is 1. The van der Waals surface area contributed by atoms with Crippen molar-refractivity contribution in [3.05, 3.63) is 53.6 Å². The Morgan fingerprint density at radius 2 is 1.62 bits per heavy atom. The van der Waals surface area contributed by atoms with Gasteiger partial charge in [-0.1, -0.05) is 23.8 Å². The number of aryl methyl sites for hydroxylation is 1. The first-order chi connectivity index (χ1) is 14.7. The molecule has 0 radical (unpaired) electrons. The normalized spacial score (nSPS) is 17.7. The summed E-state index contributed by atoms with van der Waals surface area (Å²) < 4.78 is 93.1. The summed E-state index contributed by atoms with van der Waals surface area (Å²) in [6, 6.07) is 8.16. The second-order valence-corrected chi connectivity index (χ2v) is 10.6. The molecule has 2 aromatic rings. The van der Waals surface area contributed by atoms with Crippen LogP contribution < -0.4 is 9.08 Å². The molecule has 3 rings (SSSR count). The van der Waals surface area contributed by atoms with Crippen molar-refractivity contribution in [2.75, 3.05) is 18.5 Å². The van der Waals surface area contributed by atoms with Gasteiger partial charge in [-0.05, 0) is 38.1 Å². The van der Waals surface area contributed by atoms with Crippen molar-refractivity contribution in [3.8, 4) is 5.75 Å². The molecular formula is C19H19F3N2O6S2. The standard InChI is InChI=1S/C19H19F3N2O6S2/c1-12-7-9-14(10-8-12)31(26,27)24-13(2)11-23(3)15-5-4-6-16(17(15)18(24)25)30-32(28,29)19(20,21)22/h4-10,13H,11H2,1-3H3/t13-/m1/s1. The summed E-state index contributed by atoms with van der Waals surface area (Å²) in [5, 5.41) is 0. The van der Waals surface area contributed by atoms with E-state index < -0.39 is 48.9 Å². The molecule has 0 saturated carbocycles. The lowest BCUT2D eigenvalue weighted by Gasteiger charge is -2.28. The molecule has 0 bridgehead atoms. The van der Waals surface area contributed by atoms with Gasteiger partial charge in [0, 0.05) is 13.6 Å². The maximum atomic E-state index is 13.4. The van der Waals surface area contributed by atoms with E-state index in [0.717, 1.165) is 11.6 Å². The Balaban J connectivity index is 2.19. The van der Waals surface area contributed by atoms with Gasteiger partial charge in [0.2, 0.25) is 0 Å². The molecule has 13 heteroatoms. The van der Waals surface area contributed by atoms with E-state index >= 15 is 0 Å². The third-order valence-corrected chi connectivity index (χ3v) is 7.71. The minimum atomic E-state index is -6.10. The summed E-state index contributed by atoms with van der Waals surface area (Å²) in [6.45, 7) is 3.20. The summed E-state index contributed by atoms with van der Waals surface area (Å²) in [5.74, 6) is -2.12. The maximum Gasteiger partial charge on any atom is 0.534 e. The van der Waals surface area contributed by atoms with Crippen LogP contribution in [0.1, 0.15) is 22.8 Å². The number of rotatable bonds is 4. The number of nitrogens with zero attached hydrogens (tertiary/aromatic N) is 2. The summed E-state index contributed by atoms with van der Waals surface area (Å²) in [6.07, 6.45) is 0. The van der Waals surface area contributed by atoms with Gasteiger partial charge < -0.3 is 9.08 Å². The summed E-state index contributed by atoms with van der Waals surface area (Å²) >= 11 is 0. The van der Waals surface area contributed by atoms with Crippen LogP contribution in [0.4, 0.5) is 18.9 Å². The van der Waals surface area contributed by atoms with E-state index in [2.05, 4.69) is 4.18 Å². The largest absolute Gasteiger partial charge is 0.534 e. The lowest BCUT2D eigenvalue weighted by atomic mass is 10.1. The molecule has 1 aliphatic heterocycles. The molecular weight excluding hydrogens is 473 g/mol. The molecule has 0 spiro atoms. The highest BCUT2D eigenvalue weighted by Crippen LogP contribution is 2.38. The van der Waals surface area contributed by atoms with Crippen LogP contribution >= 0.6 is 0 Å². The molecule has 1 aliphatic rings. The number of hydrogen-bond donors (Lipinski definition) is 0. The van der Waals surface area contributed by atoms with E-state index in [4.69, 9.17) is 0 Å². The van der Waals surface area contributed by atoms with E-state index in [1.165, 1.54) is 55.3 Å². The fraction of sp³-hybridized carbons (Fsp3) is 0.316. The highest BCUT2D eigenvalue weighted by Gasteiger charge is 2.49. The molecule has 0 aliphatic carbocycles. The van der Waals surface area contributed by atoms with Crippen molar-refractivity contribution < 1.29 is 39.0 Å². The van der Waals surface area contributed by atoms with Gasteiger partial charge in [0.05, 0.1) is 16.6 Å². The average molecular weight is 492 g/mol. The summed E-state index contributed by atoms with van der Waals surface area (Å²) in [4.78, 5) is 14.6. The Morgan fingerprint density at radius 1 is 1.03 bits per heavy atom. The zero-order valence-corrected chi connectivity index (χ0v) is 18.8. The Hall–Kier alpha value is -2.80. The van der Waals surface area contributed by atoms with Crippen molar-refractivity contribution in [1.82, 2.24) is 4.31 Å². The van der Waals surface area contributed by atoms with Gasteiger partial charge in [-0.25, -0.2) is 12.7 Å². The molecule has 0 fully saturated rings. The summed E-state index contributed by atoms with van der Waals surface area (Å²) in [5.41, 5.74) is -5.55. The Morgan fingerprint density at radius 3 is 2.19 bits per heavy atom. The minimum absolute atomic E-state index is 0.000689. The highest BCUT2D eigenvalue weighted by atomic mass is 32.2. The van der Waals surface area contributed by atoms with Crippen LogP contribution in [0.3, 0.4) is 0 Å². The number of amides is 1. The molecule has 1 atom stereocenters. The van der Waals surface area contributed by atoms with Crippen molar-refractivity contribution >= 4 is 31.7 Å². The predicted molar refractivity (Wildman–Crippen MR) is 109 cm³/mol. The molecule has 32 heavy (non-hydrogen) atoms. The second-order valence-electron chi connectivity index (χ2n) is 7.28. The second kappa shape index (κ2) is 7.96. The number of benzene rings is 2. The molecule has 2 aromatic carbocycles. The highest BCUT2D eigenvalue weighted by molar-refractivity contribution is 7.89. The van der Waals surface area contributed by atoms with Crippen LogP contribution in [0.25, 0.3) is 0 Å². The molecule has 0 N–H and O–H groups in total. The fourth-order valence-corrected chi connectivity index (χ4v) is 5.36. The van der Waals surface area contributed by atoms with Crippen molar-refractivity contribution in [3.63, 3.8) is 0 Å². The Labute approximate surface area is 183 Å². The number of alkyl halides is 3. The lowest BCUT2D eigenvalue weighted by Crippen LogP contribution is -2.45. The molecule has 0 saturated heterocycles. The van der Waals surface area contributed by atoms with E-state index in [-0.39, 0.29) is 17.1 Å². The zero-order chi connectivity index (χ0) is 24.1. The number of fused-ring (bicyclic) bond motifs is 1. The van der Waals surface area contributed by atoms with Gasteiger partial charge in [-0.3, -0.25) is 4.79 Å². The topological polar surface area (TPSA) is 101 Å². The monoisotopic (exact) mass is 492 g/mol. The Bertz CT molecular complexity index is 1260. The van der Waals surface area contributed by atoms with Crippen molar-refractivity contribution in [2.45, 2.75) is 30.3 Å². The molecule has 174 valence electrons. The van der Waals surface area contributed by atoms with E-state index in [1.807, 2.05) is 0 Å². The first kappa shape index (κ1) is 23.9. The van der Waals surface area contributed by atoms with E-state index in [1.54, 1.807) is 6.92 Å². The first-order valence-electron chi connectivity index (χ1n) is 9.17. The average Bonchev–Trinajstić information content (AvgIpc) is 2.75. The SMILES string of the molecule is Cc1ccc(S(=O)(=O)N2C(=O)c3c(OS(=O)(=O)C(F)(F)F)cccc3N(C)C[C@H]2C)cc1. The smallest absolute Gasteiger partial charge is 0.375 e.